The van der Waals surface area contributed by atoms with Crippen molar-refractivity contribution in [3.05, 3.63) is 45.3 Å². The lowest BCUT2D eigenvalue weighted by molar-refractivity contribution is 0.180. The molecule has 10 nitrogen and oxygen atoms in total. The molecule has 0 bridgehead atoms. The smallest absolute Gasteiger partial charge is 0.275 e. The summed E-state index contributed by atoms with van der Waals surface area (Å²) in [5.41, 5.74) is 0.479. The number of nitrogens with zero attached hydrogens (tertiary/aromatic N) is 5. The van der Waals surface area contributed by atoms with Gasteiger partial charge in [-0.1, -0.05) is 18.3 Å². The van der Waals surface area contributed by atoms with E-state index in [1.807, 2.05) is 6.92 Å². The topological polar surface area (TPSA) is 106 Å². The number of aryl methyl sites for hydroxylation is 1. The highest BCUT2D eigenvalue weighted by Gasteiger charge is 2.30. The number of ether oxygens (including phenoxy) is 2. The first-order valence-corrected chi connectivity index (χ1v) is 13.2. The maximum absolute atomic E-state index is 13.2. The van der Waals surface area contributed by atoms with E-state index in [1.165, 1.54) is 26.2 Å². The summed E-state index contributed by atoms with van der Waals surface area (Å²) in [5, 5.41) is 5.14. The lowest BCUT2D eigenvalue weighted by Crippen LogP contribution is -2.48. The van der Waals surface area contributed by atoms with Crippen LogP contribution in [0.15, 0.2) is 34.0 Å². The summed E-state index contributed by atoms with van der Waals surface area (Å²) in [6.45, 7) is 5.35. The van der Waals surface area contributed by atoms with Gasteiger partial charge in [-0.15, -0.1) is 0 Å². The molecule has 0 saturated carbocycles. The Morgan fingerprint density at radius 2 is 1.82 bits per heavy atom. The predicted molar refractivity (Wildman–Crippen MR) is 123 cm³/mol. The molecule has 2 aliphatic heterocycles. The Balaban J connectivity index is 1.27. The van der Waals surface area contributed by atoms with Crippen molar-refractivity contribution in [1.29, 1.82) is 0 Å². The third kappa shape index (κ3) is 4.47. The van der Waals surface area contributed by atoms with Gasteiger partial charge in [0.05, 0.1) is 23.8 Å². The summed E-state index contributed by atoms with van der Waals surface area (Å²) >= 11 is 1.42. The van der Waals surface area contributed by atoms with Crippen LogP contribution in [0.25, 0.3) is 4.96 Å². The van der Waals surface area contributed by atoms with Crippen LogP contribution in [0, 0.1) is 0 Å². The normalized spacial score (nSPS) is 17.8. The van der Waals surface area contributed by atoms with Crippen LogP contribution in [-0.4, -0.2) is 71.6 Å². The zero-order valence-electron chi connectivity index (χ0n) is 18.3. The number of hydrogen-bond acceptors (Lipinski definition) is 9. The van der Waals surface area contributed by atoms with Crippen molar-refractivity contribution in [2.24, 2.45) is 0 Å². The van der Waals surface area contributed by atoms with Crippen molar-refractivity contribution in [3.63, 3.8) is 0 Å². The number of benzene rings is 1. The fourth-order valence-corrected chi connectivity index (χ4v) is 6.23. The van der Waals surface area contributed by atoms with E-state index >= 15 is 0 Å². The first kappa shape index (κ1) is 22.3. The van der Waals surface area contributed by atoms with E-state index in [-0.39, 0.29) is 10.5 Å². The molecule has 176 valence electrons. The third-order valence-electron chi connectivity index (χ3n) is 5.72. The first-order valence-electron chi connectivity index (χ1n) is 10.9. The van der Waals surface area contributed by atoms with E-state index in [0.717, 1.165) is 17.8 Å². The number of hydrogen-bond donors (Lipinski definition) is 0. The van der Waals surface area contributed by atoms with E-state index in [9.17, 15) is 13.2 Å². The Hall–Kier alpha value is -2.54. The highest BCUT2D eigenvalue weighted by atomic mass is 32.2. The Morgan fingerprint density at radius 1 is 1.06 bits per heavy atom. The molecule has 0 amide bonds. The van der Waals surface area contributed by atoms with Crippen LogP contribution in [0.4, 0.5) is 0 Å². The number of rotatable bonds is 5. The summed E-state index contributed by atoms with van der Waals surface area (Å²) in [7, 11) is -3.64. The van der Waals surface area contributed by atoms with Gasteiger partial charge >= 0.3 is 0 Å². The molecule has 12 heteroatoms. The van der Waals surface area contributed by atoms with Crippen molar-refractivity contribution < 1.29 is 17.9 Å². The second kappa shape index (κ2) is 9.01. The average Bonchev–Trinajstić information content (AvgIpc) is 3.09. The molecule has 0 N–H and O–H groups in total. The van der Waals surface area contributed by atoms with Crippen LogP contribution in [0.1, 0.15) is 24.0 Å². The van der Waals surface area contributed by atoms with E-state index in [2.05, 4.69) is 15.0 Å². The molecule has 1 aromatic carbocycles. The second-order valence-electron chi connectivity index (χ2n) is 7.97. The van der Waals surface area contributed by atoms with E-state index in [0.29, 0.717) is 68.1 Å². The van der Waals surface area contributed by atoms with Crippen molar-refractivity contribution in [2.45, 2.75) is 31.2 Å². The van der Waals surface area contributed by atoms with Crippen LogP contribution in [-0.2, 0) is 23.0 Å². The maximum atomic E-state index is 13.2. The lowest BCUT2D eigenvalue weighted by Gasteiger charge is -2.33. The fourth-order valence-electron chi connectivity index (χ4n) is 3.93. The molecule has 5 rings (SSSR count). The summed E-state index contributed by atoms with van der Waals surface area (Å²) < 4.78 is 40.5. The van der Waals surface area contributed by atoms with Gasteiger partial charge in [0.15, 0.2) is 11.5 Å². The standard InChI is InChI=1S/C21H25N5O5S2/c1-2-19-23-26-20(27)12-15(22-21(26)32-19)14-24-6-8-25(9-7-24)33(28,29)16-4-5-17-18(13-16)31-11-3-10-30-17/h4-5,12-13H,2-3,6-11,14H2,1H3. The number of sulfonamides is 1. The molecular weight excluding hydrogens is 466 g/mol. The Kier molecular flexibility index (Phi) is 6.08. The third-order valence-corrected chi connectivity index (χ3v) is 8.66. The van der Waals surface area contributed by atoms with Crippen molar-refractivity contribution in [2.75, 3.05) is 39.4 Å². The minimum absolute atomic E-state index is 0.193. The van der Waals surface area contributed by atoms with Crippen LogP contribution in [0.2, 0.25) is 0 Å². The van der Waals surface area contributed by atoms with Crippen molar-refractivity contribution in [3.8, 4) is 11.5 Å². The van der Waals surface area contributed by atoms with Crippen LogP contribution >= 0.6 is 11.3 Å². The van der Waals surface area contributed by atoms with Crippen molar-refractivity contribution >= 4 is 26.3 Å². The van der Waals surface area contributed by atoms with E-state index < -0.39 is 10.0 Å². The van der Waals surface area contributed by atoms with E-state index in [4.69, 9.17) is 9.47 Å². The van der Waals surface area contributed by atoms with Crippen LogP contribution in [0.5, 0.6) is 11.5 Å². The van der Waals surface area contributed by atoms with Gasteiger partial charge in [-0.25, -0.2) is 13.4 Å². The Labute approximate surface area is 195 Å². The number of piperazine rings is 1. The minimum atomic E-state index is -3.64. The van der Waals surface area contributed by atoms with Crippen LogP contribution < -0.4 is 15.0 Å². The molecule has 2 aliphatic rings. The van der Waals surface area contributed by atoms with Gasteiger partial charge in [0.1, 0.15) is 5.01 Å². The van der Waals surface area contributed by atoms with Gasteiger partial charge in [0.25, 0.3) is 5.56 Å². The summed E-state index contributed by atoms with van der Waals surface area (Å²) in [6.07, 6.45) is 1.51. The lowest BCUT2D eigenvalue weighted by atomic mass is 10.3. The quantitative estimate of drug-likeness (QED) is 0.527. The average molecular weight is 492 g/mol. The maximum Gasteiger partial charge on any atom is 0.275 e. The molecule has 2 aromatic heterocycles. The molecule has 0 atom stereocenters. The SMILES string of the molecule is CCc1nn2c(=O)cc(CN3CCN(S(=O)(=O)c4ccc5c(c4)OCCCO5)CC3)nc2s1. The molecule has 0 aliphatic carbocycles. The zero-order valence-corrected chi connectivity index (χ0v) is 19.9. The summed E-state index contributed by atoms with van der Waals surface area (Å²) in [4.78, 5) is 19.9. The molecule has 0 unspecified atom stereocenters. The zero-order chi connectivity index (χ0) is 23.0. The highest BCUT2D eigenvalue weighted by Crippen LogP contribution is 2.33. The van der Waals surface area contributed by atoms with Gasteiger partial charge in [0.2, 0.25) is 15.0 Å². The van der Waals surface area contributed by atoms with E-state index in [1.54, 1.807) is 18.2 Å². The van der Waals surface area contributed by atoms with Crippen molar-refractivity contribution in [1.82, 2.24) is 23.8 Å². The van der Waals surface area contributed by atoms with Gasteiger partial charge < -0.3 is 9.47 Å². The molecule has 3 aromatic rings. The largest absolute Gasteiger partial charge is 0.490 e. The summed E-state index contributed by atoms with van der Waals surface area (Å²) in [5.74, 6) is 1.04. The fraction of sp³-hybridized carbons (Fsp3) is 0.476. The molecule has 1 saturated heterocycles. The molecule has 0 radical (unpaired) electrons. The minimum Gasteiger partial charge on any atom is -0.490 e. The molecule has 33 heavy (non-hydrogen) atoms. The highest BCUT2D eigenvalue weighted by molar-refractivity contribution is 7.89. The van der Waals surface area contributed by atoms with Gasteiger partial charge in [0, 0.05) is 51.3 Å². The molecular formula is C21H25N5O5S2. The number of aromatic nitrogens is 3. The number of fused-ring (bicyclic) bond motifs is 2. The Morgan fingerprint density at radius 3 is 2.58 bits per heavy atom. The van der Waals surface area contributed by atoms with Crippen LogP contribution in [0.3, 0.4) is 0 Å². The molecule has 0 spiro atoms. The van der Waals surface area contributed by atoms with Gasteiger partial charge in [-0.3, -0.25) is 9.69 Å². The molecule has 1 fully saturated rings. The second-order valence-corrected chi connectivity index (χ2v) is 10.9. The Bertz CT molecular complexity index is 1330. The van der Waals surface area contributed by atoms with Gasteiger partial charge in [-0.2, -0.15) is 13.9 Å². The van der Waals surface area contributed by atoms with Gasteiger partial charge in [-0.05, 0) is 18.6 Å². The molecule has 4 heterocycles. The first-order chi connectivity index (χ1) is 15.9. The predicted octanol–water partition coefficient (Wildman–Crippen LogP) is 1.38. The monoisotopic (exact) mass is 491 g/mol. The summed E-state index contributed by atoms with van der Waals surface area (Å²) in [6, 6.07) is 6.29.